The Labute approximate surface area is 129 Å². The molecule has 7 nitrogen and oxygen atoms in total. The van der Waals surface area contributed by atoms with E-state index in [0.29, 0.717) is 25.8 Å². The van der Waals surface area contributed by atoms with Crippen molar-refractivity contribution in [3.05, 3.63) is 17.7 Å². The highest BCUT2D eigenvalue weighted by atomic mass is 19.4. The standard InChI is InChI=1S/C13H12F3N5O2/c14-13(15,16)12(22)23-20-9-2-1-8(3-9)6-21-7-19-10(4-17)11(21)5-18/h7-9,20H,1-3,6H2/t8-,9+/m0/s1. The smallest absolute Gasteiger partial charge is 0.363 e. The second-order valence-corrected chi connectivity index (χ2v) is 5.20. The maximum absolute atomic E-state index is 12.0. The second-order valence-electron chi connectivity index (χ2n) is 5.20. The van der Waals surface area contributed by atoms with Crippen molar-refractivity contribution in [1.82, 2.24) is 15.0 Å². The van der Waals surface area contributed by atoms with Crippen LogP contribution in [0.1, 0.15) is 30.7 Å². The lowest BCUT2D eigenvalue weighted by Gasteiger charge is -2.14. The summed E-state index contributed by atoms with van der Waals surface area (Å²) in [7, 11) is 0. The number of imidazole rings is 1. The first-order chi connectivity index (χ1) is 10.8. The van der Waals surface area contributed by atoms with Crippen molar-refractivity contribution < 1.29 is 22.8 Å². The molecule has 0 spiro atoms. The summed E-state index contributed by atoms with van der Waals surface area (Å²) in [5.74, 6) is -2.20. The van der Waals surface area contributed by atoms with E-state index in [-0.39, 0.29) is 23.3 Å². The van der Waals surface area contributed by atoms with Gasteiger partial charge in [0.25, 0.3) is 0 Å². The van der Waals surface area contributed by atoms with Crippen molar-refractivity contribution >= 4 is 5.97 Å². The normalized spacial score (nSPS) is 20.7. The van der Waals surface area contributed by atoms with E-state index in [1.807, 2.05) is 12.1 Å². The predicted molar refractivity (Wildman–Crippen MR) is 68.1 cm³/mol. The summed E-state index contributed by atoms with van der Waals surface area (Å²) in [6.07, 6.45) is -1.93. The first kappa shape index (κ1) is 16.8. The molecule has 10 heteroatoms. The van der Waals surface area contributed by atoms with Gasteiger partial charge in [-0.3, -0.25) is 0 Å². The van der Waals surface area contributed by atoms with Crippen molar-refractivity contribution in [2.75, 3.05) is 0 Å². The van der Waals surface area contributed by atoms with E-state index < -0.39 is 12.1 Å². The molecule has 122 valence electrons. The third kappa shape index (κ3) is 3.99. The lowest BCUT2D eigenvalue weighted by atomic mass is 10.1. The Balaban J connectivity index is 1.87. The minimum Gasteiger partial charge on any atom is -0.363 e. The molecule has 2 rings (SSSR count). The van der Waals surface area contributed by atoms with E-state index in [9.17, 15) is 18.0 Å². The van der Waals surface area contributed by atoms with Crippen LogP contribution in [0.15, 0.2) is 6.33 Å². The molecule has 23 heavy (non-hydrogen) atoms. The molecule has 1 fully saturated rings. The third-order valence-electron chi connectivity index (χ3n) is 3.60. The van der Waals surface area contributed by atoms with Crippen LogP contribution in [-0.4, -0.2) is 27.7 Å². The number of hydrogen-bond acceptors (Lipinski definition) is 6. The first-order valence-corrected chi connectivity index (χ1v) is 6.74. The Morgan fingerprint density at radius 2 is 2.17 bits per heavy atom. The summed E-state index contributed by atoms with van der Waals surface area (Å²) in [6.45, 7) is 0.420. The second kappa shape index (κ2) is 6.67. The van der Waals surface area contributed by atoms with Gasteiger partial charge in [-0.1, -0.05) is 0 Å². The van der Waals surface area contributed by atoms with Crippen molar-refractivity contribution in [1.29, 1.82) is 10.5 Å². The number of alkyl halides is 3. The summed E-state index contributed by atoms with van der Waals surface area (Å²) in [5.41, 5.74) is 2.34. The minimum absolute atomic E-state index is 0.0410. The number of carbonyl (C=O) groups is 1. The van der Waals surface area contributed by atoms with Gasteiger partial charge in [0.15, 0.2) is 11.4 Å². The average Bonchev–Trinajstić information content (AvgIpc) is 3.10. The lowest BCUT2D eigenvalue weighted by Crippen LogP contribution is -2.36. The quantitative estimate of drug-likeness (QED) is 0.839. The fourth-order valence-electron chi connectivity index (χ4n) is 2.54. The fourth-order valence-corrected chi connectivity index (χ4v) is 2.54. The minimum atomic E-state index is -5.03. The van der Waals surface area contributed by atoms with Crippen molar-refractivity contribution in [2.45, 2.75) is 38.0 Å². The molecule has 0 radical (unpaired) electrons. The van der Waals surface area contributed by atoms with Crippen molar-refractivity contribution in [3.8, 4) is 12.1 Å². The Morgan fingerprint density at radius 1 is 1.43 bits per heavy atom. The highest BCUT2D eigenvalue weighted by molar-refractivity contribution is 5.75. The number of rotatable bonds is 4. The Bertz CT molecular complexity index is 671. The molecule has 0 aromatic carbocycles. The van der Waals surface area contributed by atoms with E-state index in [4.69, 9.17) is 10.5 Å². The average molecular weight is 327 g/mol. The summed E-state index contributed by atoms with van der Waals surface area (Å²) in [6, 6.07) is 3.34. The molecule has 0 saturated heterocycles. The van der Waals surface area contributed by atoms with Gasteiger partial charge < -0.3 is 9.40 Å². The van der Waals surface area contributed by atoms with Gasteiger partial charge in [0, 0.05) is 12.6 Å². The molecule has 1 aromatic heterocycles. The van der Waals surface area contributed by atoms with Gasteiger partial charge in [0.05, 0.1) is 6.33 Å². The zero-order valence-electron chi connectivity index (χ0n) is 11.8. The van der Waals surface area contributed by atoms with E-state index in [0.717, 1.165) is 0 Å². The zero-order valence-corrected chi connectivity index (χ0v) is 11.8. The predicted octanol–water partition coefficient (Wildman–Crippen LogP) is 1.41. The maximum Gasteiger partial charge on any atom is 0.492 e. The van der Waals surface area contributed by atoms with Gasteiger partial charge in [0.2, 0.25) is 0 Å². The van der Waals surface area contributed by atoms with E-state index in [1.165, 1.54) is 6.33 Å². The van der Waals surface area contributed by atoms with E-state index in [1.54, 1.807) is 4.57 Å². The molecule has 0 unspecified atom stereocenters. The van der Waals surface area contributed by atoms with Crippen LogP contribution in [-0.2, 0) is 16.2 Å². The molecule has 0 bridgehead atoms. The lowest BCUT2D eigenvalue weighted by molar-refractivity contribution is -0.208. The van der Waals surface area contributed by atoms with Gasteiger partial charge in [-0.25, -0.2) is 9.78 Å². The first-order valence-electron chi connectivity index (χ1n) is 6.74. The van der Waals surface area contributed by atoms with Gasteiger partial charge in [0.1, 0.15) is 12.1 Å². The molecule has 1 aromatic rings. The van der Waals surface area contributed by atoms with Crippen LogP contribution in [0.2, 0.25) is 0 Å². The van der Waals surface area contributed by atoms with Gasteiger partial charge in [-0.05, 0) is 25.2 Å². The molecule has 1 saturated carbocycles. The Kier molecular flexibility index (Phi) is 4.86. The van der Waals surface area contributed by atoms with Crippen LogP contribution in [0.25, 0.3) is 0 Å². The van der Waals surface area contributed by atoms with Gasteiger partial charge in [-0.15, -0.1) is 5.48 Å². The zero-order chi connectivity index (χ0) is 17.0. The number of nitrogens with one attached hydrogen (secondary N) is 1. The molecule has 0 amide bonds. The van der Waals surface area contributed by atoms with Crippen LogP contribution in [0.5, 0.6) is 0 Å². The van der Waals surface area contributed by atoms with Crippen molar-refractivity contribution in [3.63, 3.8) is 0 Å². The van der Waals surface area contributed by atoms with Crippen LogP contribution in [0.4, 0.5) is 13.2 Å². The summed E-state index contributed by atoms with van der Waals surface area (Å²) in [5, 5.41) is 17.9. The van der Waals surface area contributed by atoms with E-state index >= 15 is 0 Å². The number of hydrogen-bond donors (Lipinski definition) is 1. The molecule has 1 N–H and O–H groups in total. The molecular weight excluding hydrogens is 315 g/mol. The maximum atomic E-state index is 12.0. The Hall–Kier alpha value is -2.59. The van der Waals surface area contributed by atoms with E-state index in [2.05, 4.69) is 15.3 Å². The number of hydroxylamine groups is 1. The number of halogens is 3. The summed E-state index contributed by atoms with van der Waals surface area (Å²) in [4.78, 5) is 18.5. The van der Waals surface area contributed by atoms with Crippen LogP contribution >= 0.6 is 0 Å². The number of carbonyl (C=O) groups excluding carboxylic acids is 1. The Morgan fingerprint density at radius 3 is 2.78 bits per heavy atom. The molecule has 2 atom stereocenters. The monoisotopic (exact) mass is 327 g/mol. The molecule has 1 aliphatic carbocycles. The van der Waals surface area contributed by atoms with Gasteiger partial charge in [-0.2, -0.15) is 23.7 Å². The SMILES string of the molecule is N#Cc1ncn(C[C@H]2CC[C@@H](NOC(=O)C(F)(F)F)C2)c1C#N. The van der Waals surface area contributed by atoms with Gasteiger partial charge >= 0.3 is 12.1 Å². The van der Waals surface area contributed by atoms with Crippen LogP contribution in [0, 0.1) is 28.6 Å². The topological polar surface area (TPSA) is 104 Å². The molecule has 1 heterocycles. The van der Waals surface area contributed by atoms with Crippen LogP contribution < -0.4 is 5.48 Å². The summed E-state index contributed by atoms with van der Waals surface area (Å²) < 4.78 is 37.6. The van der Waals surface area contributed by atoms with Crippen molar-refractivity contribution in [2.24, 2.45) is 5.92 Å². The summed E-state index contributed by atoms with van der Waals surface area (Å²) >= 11 is 0. The molecule has 1 aliphatic rings. The number of aromatic nitrogens is 2. The molecule has 0 aliphatic heterocycles. The largest absolute Gasteiger partial charge is 0.492 e. The highest BCUT2D eigenvalue weighted by Gasteiger charge is 2.42. The highest BCUT2D eigenvalue weighted by Crippen LogP contribution is 2.28. The number of nitrogens with zero attached hydrogens (tertiary/aromatic N) is 4. The molecular formula is C13H12F3N5O2. The number of nitriles is 2. The fraction of sp³-hybridized carbons (Fsp3) is 0.538. The van der Waals surface area contributed by atoms with Crippen LogP contribution in [0.3, 0.4) is 0 Å². The third-order valence-corrected chi connectivity index (χ3v) is 3.60.